The van der Waals surface area contributed by atoms with Gasteiger partial charge in [-0.05, 0) is 98.0 Å². The highest BCUT2D eigenvalue weighted by molar-refractivity contribution is 7.92. The molecule has 2 amide bonds. The standard InChI is InChI=1S/C51H59ClF3N9O8S2/c1-50(49(66)64-19-16-56-17-20-64)13-11-42(35-3-5-38(52)6-4-35)37(32-50)34-62-21-23-63(24-22-62)39-7-9-43(45(30-39)72-40-29-36-12-15-58-47(36)59-33-40)48(65)60-74(69,70)41-8-10-44(46(31-41)73(67,68)51(53,54)55)57-14-2-18-61-25-27-71-28-26-61/h3-10,12,15,29-31,33,56-57H,2,11,13-14,16-28,32,34H2,1H3,(H,58,59)(H,60,65)/t50-/m1/s1. The first-order valence-electron chi connectivity index (χ1n) is 24.6. The number of aromatic amines is 1. The Bertz CT molecular complexity index is 3120. The van der Waals surface area contributed by atoms with Crippen molar-refractivity contribution in [3.8, 4) is 11.5 Å². The summed E-state index contributed by atoms with van der Waals surface area (Å²) in [6.45, 7) is 11.2. The summed E-state index contributed by atoms with van der Waals surface area (Å²) in [6, 6.07) is 18.2. The summed E-state index contributed by atoms with van der Waals surface area (Å²) in [5, 5.41) is 7.41. The predicted octanol–water partition coefficient (Wildman–Crippen LogP) is 6.75. The summed E-state index contributed by atoms with van der Waals surface area (Å²) in [5.41, 5.74) is -2.20. The van der Waals surface area contributed by atoms with Crippen LogP contribution < -0.4 is 25.0 Å². The number of aromatic nitrogens is 2. The van der Waals surface area contributed by atoms with Crippen LogP contribution in [0, 0.1) is 5.41 Å². The topological polar surface area (TPSA) is 199 Å². The number of ether oxygens (including phenoxy) is 2. The van der Waals surface area contributed by atoms with Gasteiger partial charge in [0.1, 0.15) is 22.0 Å². The maximum Gasteiger partial charge on any atom is 0.501 e. The third-order valence-electron chi connectivity index (χ3n) is 14.2. The highest BCUT2D eigenvalue weighted by atomic mass is 35.5. The van der Waals surface area contributed by atoms with Crippen molar-refractivity contribution < 1.29 is 49.1 Å². The fraction of sp³-hybridized carbons (Fsp3) is 0.431. The Morgan fingerprint density at radius 1 is 0.892 bits per heavy atom. The van der Waals surface area contributed by atoms with Gasteiger partial charge in [-0.3, -0.25) is 19.4 Å². The molecule has 5 aromatic rings. The van der Waals surface area contributed by atoms with Crippen LogP contribution in [0.4, 0.5) is 24.5 Å². The van der Waals surface area contributed by atoms with Crippen molar-refractivity contribution in [3.05, 3.63) is 107 Å². The van der Waals surface area contributed by atoms with Crippen LogP contribution in [0.25, 0.3) is 16.6 Å². The number of carbonyl (C=O) groups excluding carboxylic acids is 2. The smallest absolute Gasteiger partial charge is 0.455 e. The Morgan fingerprint density at radius 2 is 1.64 bits per heavy atom. The van der Waals surface area contributed by atoms with Crippen LogP contribution in [0.15, 0.2) is 101 Å². The number of H-pyrrole nitrogens is 1. The van der Waals surface area contributed by atoms with Gasteiger partial charge in [0, 0.05) is 107 Å². The Kier molecular flexibility index (Phi) is 15.9. The number of hydrogen-bond donors (Lipinski definition) is 4. The molecule has 3 aliphatic heterocycles. The molecule has 23 heteroatoms. The Morgan fingerprint density at radius 3 is 2.36 bits per heavy atom. The molecule has 4 N–H and O–H groups in total. The van der Waals surface area contributed by atoms with Gasteiger partial charge >= 0.3 is 5.51 Å². The van der Waals surface area contributed by atoms with E-state index in [2.05, 4.69) is 42.2 Å². The van der Waals surface area contributed by atoms with Gasteiger partial charge in [-0.1, -0.05) is 36.2 Å². The number of piperazine rings is 2. The molecule has 2 aromatic heterocycles. The zero-order chi connectivity index (χ0) is 52.3. The van der Waals surface area contributed by atoms with E-state index in [1.165, 1.54) is 23.4 Å². The monoisotopic (exact) mass is 1080 g/mol. The van der Waals surface area contributed by atoms with Crippen LogP contribution in [0.1, 0.15) is 48.5 Å². The van der Waals surface area contributed by atoms with Gasteiger partial charge in [0.2, 0.25) is 5.91 Å². The van der Waals surface area contributed by atoms with Gasteiger partial charge in [-0.25, -0.2) is 26.5 Å². The largest absolute Gasteiger partial charge is 0.501 e. The molecule has 3 aromatic carbocycles. The van der Waals surface area contributed by atoms with Gasteiger partial charge in [0.15, 0.2) is 0 Å². The fourth-order valence-corrected chi connectivity index (χ4v) is 12.2. The average molecular weight is 1080 g/mol. The zero-order valence-electron chi connectivity index (χ0n) is 40.8. The Balaban J connectivity index is 0.937. The molecule has 3 saturated heterocycles. The van der Waals surface area contributed by atoms with Crippen LogP contribution in [0.3, 0.4) is 0 Å². The molecule has 17 nitrogen and oxygen atoms in total. The molecule has 4 aliphatic rings. The first kappa shape index (κ1) is 53.1. The van der Waals surface area contributed by atoms with E-state index in [9.17, 15) is 39.6 Å². The van der Waals surface area contributed by atoms with Crippen molar-refractivity contribution in [1.29, 1.82) is 0 Å². The van der Waals surface area contributed by atoms with E-state index in [0.29, 0.717) is 119 Å². The summed E-state index contributed by atoms with van der Waals surface area (Å²) in [4.78, 5) is 41.9. The van der Waals surface area contributed by atoms with Gasteiger partial charge in [0.25, 0.3) is 25.8 Å². The second kappa shape index (κ2) is 22.2. The number of nitrogens with one attached hydrogen (secondary N) is 4. The predicted molar refractivity (Wildman–Crippen MR) is 276 cm³/mol. The molecule has 5 heterocycles. The van der Waals surface area contributed by atoms with E-state index in [1.54, 1.807) is 30.5 Å². The van der Waals surface area contributed by atoms with Crippen molar-refractivity contribution in [1.82, 2.24) is 34.7 Å². The van der Waals surface area contributed by atoms with Crippen LogP contribution in [-0.4, -0.2) is 157 Å². The number of nitrogens with zero attached hydrogens (tertiary/aromatic N) is 5. The average Bonchev–Trinajstić information content (AvgIpc) is 3.87. The molecule has 0 spiro atoms. The lowest BCUT2D eigenvalue weighted by Gasteiger charge is -2.42. The molecule has 0 unspecified atom stereocenters. The molecular formula is C51H59ClF3N9O8S2. The van der Waals surface area contributed by atoms with E-state index in [-0.39, 0.29) is 29.5 Å². The lowest BCUT2D eigenvalue weighted by Crippen LogP contribution is -2.52. The van der Waals surface area contributed by atoms with Gasteiger partial charge in [0.05, 0.1) is 41.0 Å². The first-order chi connectivity index (χ1) is 35.4. The number of carbonyl (C=O) groups is 2. The lowest BCUT2D eigenvalue weighted by molar-refractivity contribution is -0.142. The summed E-state index contributed by atoms with van der Waals surface area (Å²) in [6.07, 6.45) is 5.69. The van der Waals surface area contributed by atoms with Crippen molar-refractivity contribution in [2.45, 2.75) is 47.9 Å². The minimum absolute atomic E-state index is 0.0420. The number of halogens is 4. The molecule has 3 fully saturated rings. The first-order valence-corrected chi connectivity index (χ1v) is 28.0. The number of anilines is 2. The molecule has 1 aliphatic carbocycles. The number of alkyl halides is 3. The van der Waals surface area contributed by atoms with E-state index in [1.807, 2.05) is 33.9 Å². The van der Waals surface area contributed by atoms with Crippen molar-refractivity contribution in [2.24, 2.45) is 5.41 Å². The second-order valence-corrected chi connectivity index (χ2v) is 23.3. The molecule has 396 valence electrons. The number of rotatable bonds is 16. The second-order valence-electron chi connectivity index (χ2n) is 19.3. The number of allylic oxidation sites excluding steroid dienone is 1. The number of fused-ring (bicyclic) bond motifs is 1. The van der Waals surface area contributed by atoms with E-state index in [0.717, 1.165) is 43.6 Å². The van der Waals surface area contributed by atoms with E-state index in [4.69, 9.17) is 21.1 Å². The highest BCUT2D eigenvalue weighted by Gasteiger charge is 2.48. The molecule has 0 saturated carbocycles. The van der Waals surface area contributed by atoms with E-state index >= 15 is 0 Å². The number of amides is 2. The number of sulfone groups is 1. The van der Waals surface area contributed by atoms with Crippen molar-refractivity contribution >= 4 is 71.3 Å². The minimum atomic E-state index is -6.06. The quantitative estimate of drug-likeness (QED) is 0.0757. The van der Waals surface area contributed by atoms with Crippen LogP contribution in [0.5, 0.6) is 11.5 Å². The number of morpholine rings is 1. The molecule has 9 rings (SSSR count). The van der Waals surface area contributed by atoms with Crippen LogP contribution in [0.2, 0.25) is 5.02 Å². The lowest BCUT2D eigenvalue weighted by atomic mass is 9.70. The normalized spacial score (nSPS) is 19.7. The summed E-state index contributed by atoms with van der Waals surface area (Å²) in [5.74, 6) is -0.811. The third-order valence-corrected chi connectivity index (χ3v) is 17.3. The van der Waals surface area contributed by atoms with Gasteiger partial charge in [-0.2, -0.15) is 13.2 Å². The molecular weight excluding hydrogens is 1020 g/mol. The van der Waals surface area contributed by atoms with Crippen molar-refractivity contribution in [2.75, 3.05) is 109 Å². The molecule has 74 heavy (non-hydrogen) atoms. The third kappa shape index (κ3) is 12.0. The molecule has 0 bridgehead atoms. The highest BCUT2D eigenvalue weighted by Crippen LogP contribution is 2.45. The number of pyridine rings is 1. The Labute approximate surface area is 433 Å². The molecule has 1 atom stereocenters. The maximum absolute atomic E-state index is 14.1. The van der Waals surface area contributed by atoms with Gasteiger partial charge < -0.3 is 34.9 Å². The maximum atomic E-state index is 14.1. The number of sulfonamides is 1. The van der Waals surface area contributed by atoms with Crippen molar-refractivity contribution in [3.63, 3.8) is 0 Å². The van der Waals surface area contributed by atoms with Crippen LogP contribution >= 0.6 is 11.6 Å². The number of hydrogen-bond acceptors (Lipinski definition) is 14. The zero-order valence-corrected chi connectivity index (χ0v) is 43.2. The fourth-order valence-electron chi connectivity index (χ4n) is 10.1. The SMILES string of the molecule is C[C@@]1(C(=O)N2CCNCC2)CCC(c2ccc(Cl)cc2)=C(CN2CCN(c3ccc(C(=O)NS(=O)(=O)c4ccc(NCCCN5CCOCC5)c(S(=O)(=O)C(F)(F)F)c4)c(Oc4cnc5[nH]ccc5c4)c3)CC2)C1. The number of benzene rings is 3. The van der Waals surface area contributed by atoms with E-state index < -0.39 is 52.2 Å². The molecule has 0 radical (unpaired) electrons. The summed E-state index contributed by atoms with van der Waals surface area (Å²) >= 11 is 6.29. The van der Waals surface area contributed by atoms with Crippen LogP contribution in [-0.2, 0) is 29.4 Å². The summed E-state index contributed by atoms with van der Waals surface area (Å²) in [7, 11) is -11.1. The summed E-state index contributed by atoms with van der Waals surface area (Å²) < 4.78 is 109. The minimum Gasteiger partial charge on any atom is -0.455 e. The van der Waals surface area contributed by atoms with Gasteiger partial charge in [-0.15, -0.1) is 0 Å². The Hall–Kier alpha value is -5.75.